The smallest absolute Gasteiger partial charge is 0.345 e. The van der Waals surface area contributed by atoms with Crippen LogP contribution in [0.2, 0.25) is 0 Å². The van der Waals surface area contributed by atoms with Crippen LogP contribution in [0.3, 0.4) is 0 Å². The summed E-state index contributed by atoms with van der Waals surface area (Å²) < 4.78 is 0.643. The van der Waals surface area contributed by atoms with Crippen LogP contribution in [0.5, 0.6) is 0 Å². The van der Waals surface area contributed by atoms with Gasteiger partial charge >= 0.3 is 5.97 Å². The summed E-state index contributed by atoms with van der Waals surface area (Å²) >= 11 is 1.07. The largest absolute Gasteiger partial charge is 0.477 e. The van der Waals surface area contributed by atoms with E-state index in [4.69, 9.17) is 10.8 Å². The van der Waals surface area contributed by atoms with E-state index < -0.39 is 11.9 Å². The highest BCUT2D eigenvalue weighted by atomic mass is 32.1. The van der Waals surface area contributed by atoms with Gasteiger partial charge in [0.15, 0.2) is 0 Å². The van der Waals surface area contributed by atoms with E-state index in [1.54, 1.807) is 25.1 Å². The number of carboxylic acid groups (broad SMARTS) is 1. The highest BCUT2D eigenvalue weighted by Gasteiger charge is 2.15. The molecule has 0 saturated heterocycles. The number of primary amides is 1. The van der Waals surface area contributed by atoms with Gasteiger partial charge in [-0.25, -0.2) is 4.79 Å². The Labute approximate surface area is 95.3 Å². The van der Waals surface area contributed by atoms with Crippen LogP contribution in [-0.4, -0.2) is 17.0 Å². The first kappa shape index (κ1) is 10.6. The fraction of sp³-hybridized carbons (Fsp3) is 0.0909. The molecule has 1 heterocycles. The zero-order chi connectivity index (χ0) is 11.9. The monoisotopic (exact) mass is 235 g/mol. The second kappa shape index (κ2) is 3.61. The van der Waals surface area contributed by atoms with Crippen molar-refractivity contribution in [2.45, 2.75) is 6.92 Å². The fourth-order valence-corrected chi connectivity index (χ4v) is 2.71. The predicted molar refractivity (Wildman–Crippen MR) is 62.0 cm³/mol. The molecular weight excluding hydrogens is 226 g/mol. The molecule has 0 aliphatic heterocycles. The molecule has 3 N–H and O–H groups in total. The second-order valence-electron chi connectivity index (χ2n) is 3.46. The number of hydrogen-bond acceptors (Lipinski definition) is 3. The highest BCUT2D eigenvalue weighted by molar-refractivity contribution is 7.21. The Hall–Kier alpha value is -1.88. The lowest BCUT2D eigenvalue weighted by Gasteiger charge is -2.01. The molecule has 0 aliphatic carbocycles. The molecule has 0 radical (unpaired) electrons. The normalized spacial score (nSPS) is 10.6. The number of nitrogens with two attached hydrogens (primary N) is 1. The van der Waals surface area contributed by atoms with Crippen LogP contribution in [0.1, 0.15) is 25.6 Å². The first-order valence-electron chi connectivity index (χ1n) is 4.57. The molecule has 0 atom stereocenters. The van der Waals surface area contributed by atoms with Crippen molar-refractivity contribution in [2.75, 3.05) is 0 Å². The lowest BCUT2D eigenvalue weighted by molar-refractivity contribution is 0.0702. The first-order chi connectivity index (χ1) is 7.50. The molecule has 2 aromatic rings. The lowest BCUT2D eigenvalue weighted by Crippen LogP contribution is -2.12. The minimum Gasteiger partial charge on any atom is -0.477 e. The number of aromatic carboxylic acids is 1. The van der Waals surface area contributed by atoms with E-state index in [9.17, 15) is 9.59 Å². The molecule has 2 rings (SSSR count). The van der Waals surface area contributed by atoms with Gasteiger partial charge in [-0.1, -0.05) is 12.1 Å². The van der Waals surface area contributed by atoms with Crippen molar-refractivity contribution in [3.8, 4) is 0 Å². The van der Waals surface area contributed by atoms with Gasteiger partial charge in [0, 0.05) is 4.70 Å². The Bertz CT molecular complexity index is 601. The van der Waals surface area contributed by atoms with Gasteiger partial charge in [0.1, 0.15) is 4.88 Å². The summed E-state index contributed by atoms with van der Waals surface area (Å²) in [6, 6.07) is 5.11. The van der Waals surface area contributed by atoms with Crippen LogP contribution in [0.25, 0.3) is 10.1 Å². The van der Waals surface area contributed by atoms with Gasteiger partial charge in [0.25, 0.3) is 0 Å². The molecule has 0 aliphatic rings. The molecule has 0 unspecified atom stereocenters. The average molecular weight is 235 g/mol. The van der Waals surface area contributed by atoms with Gasteiger partial charge in [-0.2, -0.15) is 0 Å². The van der Waals surface area contributed by atoms with E-state index in [1.807, 2.05) is 0 Å². The number of carbonyl (C=O) groups is 2. The predicted octanol–water partition coefficient (Wildman–Crippen LogP) is 2.01. The van der Waals surface area contributed by atoms with Crippen molar-refractivity contribution < 1.29 is 14.7 Å². The minimum absolute atomic E-state index is 0.211. The third-order valence-electron chi connectivity index (χ3n) is 2.35. The third-order valence-corrected chi connectivity index (χ3v) is 3.51. The SMILES string of the molecule is Cc1ccc2cc(C(=O)O)sc2c1C(N)=O. The van der Waals surface area contributed by atoms with E-state index in [0.29, 0.717) is 10.3 Å². The van der Waals surface area contributed by atoms with Gasteiger partial charge in [-0.15, -0.1) is 11.3 Å². The molecular formula is C11H9NO3S. The molecule has 1 amide bonds. The van der Waals surface area contributed by atoms with Crippen molar-refractivity contribution in [3.63, 3.8) is 0 Å². The van der Waals surface area contributed by atoms with E-state index in [-0.39, 0.29) is 4.88 Å². The lowest BCUT2D eigenvalue weighted by atomic mass is 10.1. The van der Waals surface area contributed by atoms with Crippen LogP contribution in [-0.2, 0) is 0 Å². The molecule has 0 spiro atoms. The molecule has 1 aromatic carbocycles. The minimum atomic E-state index is -0.991. The molecule has 82 valence electrons. The van der Waals surface area contributed by atoms with Gasteiger partial charge in [-0.3, -0.25) is 4.79 Å². The summed E-state index contributed by atoms with van der Waals surface area (Å²) in [5.74, 6) is -1.52. The first-order valence-corrected chi connectivity index (χ1v) is 5.38. The number of benzene rings is 1. The van der Waals surface area contributed by atoms with Crippen LogP contribution in [0.4, 0.5) is 0 Å². The Morgan fingerprint density at radius 2 is 2.06 bits per heavy atom. The number of aryl methyl sites for hydroxylation is 1. The Morgan fingerprint density at radius 3 is 2.62 bits per heavy atom. The topological polar surface area (TPSA) is 80.4 Å². The summed E-state index contributed by atoms with van der Waals surface area (Å²) in [5.41, 5.74) is 6.46. The van der Waals surface area contributed by atoms with Crippen LogP contribution >= 0.6 is 11.3 Å². The summed E-state index contributed by atoms with van der Waals surface area (Å²) in [4.78, 5) is 22.3. The maximum Gasteiger partial charge on any atom is 0.345 e. The standard InChI is InChI=1S/C11H9NO3S/c1-5-2-3-6-4-7(11(14)15)16-9(6)8(5)10(12)13/h2-4H,1H3,(H2,12,13)(H,14,15). The van der Waals surface area contributed by atoms with Gasteiger partial charge in [-0.05, 0) is 23.9 Å². The zero-order valence-corrected chi connectivity index (χ0v) is 9.30. The third kappa shape index (κ3) is 1.55. The van der Waals surface area contributed by atoms with Crippen LogP contribution in [0, 0.1) is 6.92 Å². The summed E-state index contributed by atoms with van der Waals surface area (Å²) in [7, 11) is 0. The zero-order valence-electron chi connectivity index (χ0n) is 8.48. The molecule has 0 fully saturated rings. The molecule has 5 heteroatoms. The van der Waals surface area contributed by atoms with Crippen molar-refractivity contribution >= 4 is 33.3 Å². The molecule has 0 saturated carbocycles. The van der Waals surface area contributed by atoms with Crippen molar-refractivity contribution in [3.05, 3.63) is 34.2 Å². The van der Waals surface area contributed by atoms with Crippen molar-refractivity contribution in [1.29, 1.82) is 0 Å². The molecule has 4 nitrogen and oxygen atoms in total. The van der Waals surface area contributed by atoms with Crippen molar-refractivity contribution in [1.82, 2.24) is 0 Å². The van der Waals surface area contributed by atoms with E-state index in [1.165, 1.54) is 0 Å². The van der Waals surface area contributed by atoms with E-state index in [2.05, 4.69) is 0 Å². The second-order valence-corrected chi connectivity index (χ2v) is 4.51. The average Bonchev–Trinajstić information content (AvgIpc) is 2.60. The summed E-state index contributed by atoms with van der Waals surface area (Å²) in [6.07, 6.45) is 0. The number of fused-ring (bicyclic) bond motifs is 1. The van der Waals surface area contributed by atoms with E-state index >= 15 is 0 Å². The molecule has 16 heavy (non-hydrogen) atoms. The summed E-state index contributed by atoms with van der Waals surface area (Å²) in [5, 5.41) is 9.62. The maximum atomic E-state index is 11.3. The Morgan fingerprint density at radius 1 is 1.38 bits per heavy atom. The Balaban J connectivity index is 2.82. The molecule has 1 aromatic heterocycles. The fourth-order valence-electron chi connectivity index (χ4n) is 1.61. The number of hydrogen-bond donors (Lipinski definition) is 2. The number of carbonyl (C=O) groups excluding carboxylic acids is 1. The molecule has 0 bridgehead atoms. The maximum absolute atomic E-state index is 11.3. The van der Waals surface area contributed by atoms with Crippen LogP contribution in [0.15, 0.2) is 18.2 Å². The van der Waals surface area contributed by atoms with Gasteiger partial charge in [0.2, 0.25) is 5.91 Å². The van der Waals surface area contributed by atoms with Gasteiger partial charge in [0.05, 0.1) is 5.56 Å². The quantitative estimate of drug-likeness (QED) is 0.835. The van der Waals surface area contributed by atoms with Crippen molar-refractivity contribution in [2.24, 2.45) is 5.73 Å². The summed E-state index contributed by atoms with van der Waals surface area (Å²) in [6.45, 7) is 1.78. The van der Waals surface area contributed by atoms with E-state index in [0.717, 1.165) is 22.3 Å². The Kier molecular flexibility index (Phi) is 2.40. The number of thiophene rings is 1. The highest BCUT2D eigenvalue weighted by Crippen LogP contribution is 2.30. The number of carboxylic acids is 1. The number of amides is 1. The number of rotatable bonds is 2. The van der Waals surface area contributed by atoms with Gasteiger partial charge < -0.3 is 10.8 Å². The van der Waals surface area contributed by atoms with Crippen LogP contribution < -0.4 is 5.73 Å².